The van der Waals surface area contributed by atoms with Gasteiger partial charge in [-0.3, -0.25) is 14.4 Å². The van der Waals surface area contributed by atoms with E-state index in [1.165, 1.54) is 128 Å². The van der Waals surface area contributed by atoms with E-state index in [0.717, 1.165) is 77.0 Å². The minimum atomic E-state index is -0.817. The molecule has 0 radical (unpaired) electrons. The van der Waals surface area contributed by atoms with Gasteiger partial charge in [-0.05, 0) is 89.9 Å². The van der Waals surface area contributed by atoms with Crippen LogP contribution in [0.3, 0.4) is 0 Å². The maximum atomic E-state index is 12.8. The fraction of sp³-hybridized carbons (Fsp3) is 0.732. The van der Waals surface area contributed by atoms with Gasteiger partial charge in [-0.1, -0.05) is 209 Å². The number of esters is 3. The van der Waals surface area contributed by atoms with E-state index in [-0.39, 0.29) is 31.6 Å². The largest absolute Gasteiger partial charge is 0.462 e. The molecule has 0 saturated heterocycles. The Labute approximate surface area is 382 Å². The van der Waals surface area contributed by atoms with E-state index >= 15 is 0 Å². The van der Waals surface area contributed by atoms with Crippen molar-refractivity contribution in [3.63, 3.8) is 0 Å². The lowest BCUT2D eigenvalue weighted by Gasteiger charge is -2.18. The molecule has 0 rings (SSSR count). The molecule has 356 valence electrons. The number of carbonyl (C=O) groups is 3. The summed E-state index contributed by atoms with van der Waals surface area (Å²) < 4.78 is 16.6. The maximum absolute atomic E-state index is 12.8. The van der Waals surface area contributed by atoms with Crippen molar-refractivity contribution in [2.45, 2.75) is 252 Å². The third kappa shape index (κ3) is 47.9. The van der Waals surface area contributed by atoms with Crippen LogP contribution < -0.4 is 0 Å². The number of rotatable bonds is 46. The Morgan fingerprint density at radius 3 is 1.18 bits per heavy atom. The zero-order valence-electron chi connectivity index (χ0n) is 40.6. The summed E-state index contributed by atoms with van der Waals surface area (Å²) in [6.45, 7) is 6.39. The monoisotopic (exact) mass is 865 g/mol. The summed E-state index contributed by atoms with van der Waals surface area (Å²) in [4.78, 5) is 37.8. The zero-order chi connectivity index (χ0) is 45.1. The molecule has 1 atom stereocenters. The maximum Gasteiger partial charge on any atom is 0.309 e. The van der Waals surface area contributed by atoms with E-state index in [1.807, 2.05) is 6.08 Å². The lowest BCUT2D eigenvalue weighted by Crippen LogP contribution is -2.30. The van der Waals surface area contributed by atoms with Crippen molar-refractivity contribution < 1.29 is 28.6 Å². The number of ether oxygens (including phenoxy) is 3. The Kier molecular flexibility index (Phi) is 47.9. The summed E-state index contributed by atoms with van der Waals surface area (Å²) in [6, 6.07) is 0. The van der Waals surface area contributed by atoms with E-state index in [2.05, 4.69) is 81.5 Å². The van der Waals surface area contributed by atoms with Crippen LogP contribution in [0.25, 0.3) is 0 Å². The van der Waals surface area contributed by atoms with Crippen LogP contribution in [0.5, 0.6) is 0 Å². The highest BCUT2D eigenvalue weighted by Crippen LogP contribution is 2.14. The molecule has 0 spiro atoms. The molecule has 0 N–H and O–H groups in total. The van der Waals surface area contributed by atoms with Crippen LogP contribution in [0.1, 0.15) is 245 Å². The number of allylic oxidation sites excluding steroid dienone is 11. The fourth-order valence-corrected chi connectivity index (χ4v) is 7.06. The molecule has 6 heteroatoms. The van der Waals surface area contributed by atoms with Crippen LogP contribution in [-0.2, 0) is 28.6 Å². The van der Waals surface area contributed by atoms with Gasteiger partial charge in [-0.15, -0.1) is 0 Å². The Morgan fingerprint density at radius 2 is 0.694 bits per heavy atom. The molecule has 0 aliphatic heterocycles. The smallest absolute Gasteiger partial charge is 0.309 e. The molecule has 0 aromatic rings. The van der Waals surface area contributed by atoms with Crippen molar-refractivity contribution >= 4 is 17.9 Å². The second kappa shape index (κ2) is 50.5. The lowest BCUT2D eigenvalue weighted by atomic mass is 10.1. The number of hydrogen-bond acceptors (Lipinski definition) is 6. The minimum absolute atomic E-state index is 0.110. The first-order valence-corrected chi connectivity index (χ1v) is 25.9. The predicted octanol–water partition coefficient (Wildman–Crippen LogP) is 17.0. The van der Waals surface area contributed by atoms with Crippen LogP contribution in [0.15, 0.2) is 72.9 Å². The zero-order valence-corrected chi connectivity index (χ0v) is 40.6. The van der Waals surface area contributed by atoms with Gasteiger partial charge in [0.25, 0.3) is 0 Å². The molecule has 0 aromatic carbocycles. The van der Waals surface area contributed by atoms with Gasteiger partial charge >= 0.3 is 17.9 Å². The highest BCUT2D eigenvalue weighted by Gasteiger charge is 2.19. The average molecular weight is 865 g/mol. The van der Waals surface area contributed by atoms with Crippen molar-refractivity contribution in [1.29, 1.82) is 0 Å². The van der Waals surface area contributed by atoms with Gasteiger partial charge in [0.05, 0.1) is 6.42 Å². The van der Waals surface area contributed by atoms with Crippen molar-refractivity contribution in [3.05, 3.63) is 72.9 Å². The van der Waals surface area contributed by atoms with Gasteiger partial charge in [0, 0.05) is 12.8 Å². The standard InChI is InChI=1S/C56H96O6/c1-4-7-10-13-16-19-21-23-25-27-29-30-32-34-37-40-43-46-49-55(58)61-52-53(51-60-54(57)48-45-42-39-36-18-15-12-9-6-3)62-56(59)50-47-44-41-38-35-33-31-28-26-24-22-20-17-14-11-8-5-2/h9,12,17-18,20,24,26,29-30,36,42,45,53H,4-8,10-11,13-16,19,21-23,25,27-28,31-35,37-41,43-44,46-52H2,1-3H3/b12-9-,20-17-,26-24-,30-29-,36-18-,45-42-. The average Bonchev–Trinajstić information content (AvgIpc) is 3.27. The lowest BCUT2D eigenvalue weighted by molar-refractivity contribution is -0.166. The molecule has 0 amide bonds. The molecule has 6 nitrogen and oxygen atoms in total. The fourth-order valence-electron chi connectivity index (χ4n) is 7.06. The summed E-state index contributed by atoms with van der Waals surface area (Å²) in [5.74, 6) is -1.05. The van der Waals surface area contributed by atoms with E-state index in [9.17, 15) is 14.4 Å². The van der Waals surface area contributed by atoms with Crippen LogP contribution >= 0.6 is 0 Å². The second-order valence-electron chi connectivity index (χ2n) is 17.1. The SMILES string of the molecule is CC/C=C\C/C=C\C/C=C\CC(=O)OCC(COC(=O)CCCCCCC/C=C\CCCCCCCCCCC)OC(=O)CCCCCCCCC/C=C\C/C=C\CCCCC. The Hall–Kier alpha value is -3.15. The molecule has 0 aromatic heterocycles. The Morgan fingerprint density at radius 1 is 0.355 bits per heavy atom. The quantitative estimate of drug-likeness (QED) is 0.0262. The van der Waals surface area contributed by atoms with Crippen LogP contribution in [-0.4, -0.2) is 37.2 Å². The van der Waals surface area contributed by atoms with Gasteiger partial charge < -0.3 is 14.2 Å². The summed E-state index contributed by atoms with van der Waals surface area (Å²) in [5, 5.41) is 0. The summed E-state index contributed by atoms with van der Waals surface area (Å²) >= 11 is 0. The molecular formula is C56H96O6. The Balaban J connectivity index is 4.38. The van der Waals surface area contributed by atoms with Crippen molar-refractivity contribution in [2.75, 3.05) is 13.2 Å². The molecule has 0 fully saturated rings. The van der Waals surface area contributed by atoms with Gasteiger partial charge in [0.1, 0.15) is 13.2 Å². The number of unbranched alkanes of at least 4 members (excludes halogenated alkanes) is 24. The van der Waals surface area contributed by atoms with Crippen LogP contribution in [0.2, 0.25) is 0 Å². The number of hydrogen-bond donors (Lipinski definition) is 0. The summed E-state index contributed by atoms with van der Waals surface area (Å²) in [7, 11) is 0. The third-order valence-electron chi connectivity index (χ3n) is 10.9. The normalized spacial score (nSPS) is 12.6. The highest BCUT2D eigenvalue weighted by molar-refractivity contribution is 5.72. The molecule has 1 unspecified atom stereocenters. The van der Waals surface area contributed by atoms with E-state index in [4.69, 9.17) is 14.2 Å². The summed E-state index contributed by atoms with van der Waals surface area (Å²) in [5.41, 5.74) is 0. The topological polar surface area (TPSA) is 78.9 Å². The van der Waals surface area contributed by atoms with Gasteiger partial charge in [0.2, 0.25) is 0 Å². The van der Waals surface area contributed by atoms with E-state index < -0.39 is 12.1 Å². The molecule has 0 aliphatic carbocycles. The molecular weight excluding hydrogens is 769 g/mol. The van der Waals surface area contributed by atoms with Crippen LogP contribution in [0.4, 0.5) is 0 Å². The predicted molar refractivity (Wildman–Crippen MR) is 265 cm³/mol. The third-order valence-corrected chi connectivity index (χ3v) is 10.9. The van der Waals surface area contributed by atoms with Crippen molar-refractivity contribution in [1.82, 2.24) is 0 Å². The molecule has 0 aliphatic rings. The Bertz CT molecular complexity index is 1180. The van der Waals surface area contributed by atoms with Gasteiger partial charge in [-0.25, -0.2) is 0 Å². The van der Waals surface area contributed by atoms with E-state index in [0.29, 0.717) is 12.8 Å². The first-order chi connectivity index (χ1) is 30.5. The minimum Gasteiger partial charge on any atom is -0.462 e. The second-order valence-corrected chi connectivity index (χ2v) is 17.1. The highest BCUT2D eigenvalue weighted by atomic mass is 16.6. The van der Waals surface area contributed by atoms with Crippen molar-refractivity contribution in [3.8, 4) is 0 Å². The summed E-state index contributed by atoms with van der Waals surface area (Å²) in [6.07, 6.45) is 63.5. The van der Waals surface area contributed by atoms with Gasteiger partial charge in [-0.2, -0.15) is 0 Å². The first kappa shape index (κ1) is 58.9. The molecule has 0 heterocycles. The van der Waals surface area contributed by atoms with Crippen LogP contribution in [0, 0.1) is 0 Å². The molecule has 0 bridgehead atoms. The van der Waals surface area contributed by atoms with Crippen molar-refractivity contribution in [2.24, 2.45) is 0 Å². The first-order valence-electron chi connectivity index (χ1n) is 25.9. The molecule has 0 saturated carbocycles. The van der Waals surface area contributed by atoms with E-state index in [1.54, 1.807) is 6.08 Å². The number of carbonyl (C=O) groups excluding carboxylic acids is 3. The molecule has 62 heavy (non-hydrogen) atoms. The van der Waals surface area contributed by atoms with Gasteiger partial charge in [0.15, 0.2) is 6.10 Å².